The summed E-state index contributed by atoms with van der Waals surface area (Å²) in [7, 11) is 0. The maximum Gasteiger partial charge on any atom is 0.343 e. The highest BCUT2D eigenvalue weighted by Crippen LogP contribution is 2.27. The molecule has 0 fully saturated rings. The van der Waals surface area contributed by atoms with Gasteiger partial charge in [0, 0.05) is 16.6 Å². The number of nitrogens with one attached hydrogen (secondary N) is 1. The molecule has 164 valence electrons. The summed E-state index contributed by atoms with van der Waals surface area (Å²) in [5.41, 5.74) is 0.582. The SMILES string of the molecule is N#CC(=Cc1ccc(OC(=O)c2ccc(Br)cc2)cc1)C(=O)Nc1ccc([N+](=O)[O-])cc1Cl. The number of nitrogens with zero attached hydrogens (tertiary/aromatic N) is 2. The van der Waals surface area contributed by atoms with Gasteiger partial charge in [0.1, 0.15) is 17.4 Å². The second kappa shape index (κ2) is 10.5. The van der Waals surface area contributed by atoms with E-state index in [1.807, 2.05) is 0 Å². The number of non-ortho nitro benzene ring substituents is 1. The van der Waals surface area contributed by atoms with Crippen LogP contribution in [0.2, 0.25) is 5.02 Å². The number of halogens is 2. The van der Waals surface area contributed by atoms with Crippen molar-refractivity contribution in [2.75, 3.05) is 5.32 Å². The molecule has 0 aliphatic heterocycles. The first-order valence-corrected chi connectivity index (χ1v) is 10.4. The highest BCUT2D eigenvalue weighted by atomic mass is 79.9. The lowest BCUT2D eigenvalue weighted by Crippen LogP contribution is -2.13. The van der Waals surface area contributed by atoms with Crippen LogP contribution >= 0.6 is 27.5 Å². The van der Waals surface area contributed by atoms with E-state index in [0.29, 0.717) is 16.9 Å². The monoisotopic (exact) mass is 525 g/mol. The molecule has 8 nitrogen and oxygen atoms in total. The lowest BCUT2D eigenvalue weighted by Gasteiger charge is -2.07. The highest BCUT2D eigenvalue weighted by Gasteiger charge is 2.15. The summed E-state index contributed by atoms with van der Waals surface area (Å²) in [6, 6.07) is 18.3. The van der Waals surface area contributed by atoms with E-state index in [0.717, 1.165) is 10.5 Å². The predicted molar refractivity (Wildman–Crippen MR) is 126 cm³/mol. The van der Waals surface area contributed by atoms with Crippen molar-refractivity contribution in [3.05, 3.63) is 103 Å². The number of esters is 1. The summed E-state index contributed by atoms with van der Waals surface area (Å²) >= 11 is 9.27. The van der Waals surface area contributed by atoms with Gasteiger partial charge < -0.3 is 10.1 Å². The number of nitro benzene ring substituents is 1. The van der Waals surface area contributed by atoms with Crippen molar-refractivity contribution in [1.29, 1.82) is 5.26 Å². The van der Waals surface area contributed by atoms with Crippen LogP contribution in [-0.4, -0.2) is 16.8 Å². The van der Waals surface area contributed by atoms with Crippen LogP contribution in [0.15, 0.2) is 76.8 Å². The Hall–Kier alpha value is -4.00. The molecule has 0 saturated carbocycles. The number of carbonyl (C=O) groups is 2. The first-order chi connectivity index (χ1) is 15.8. The number of amides is 1. The summed E-state index contributed by atoms with van der Waals surface area (Å²) < 4.78 is 6.15. The zero-order valence-corrected chi connectivity index (χ0v) is 19.0. The molecule has 3 aromatic carbocycles. The molecule has 3 rings (SSSR count). The number of benzene rings is 3. The van der Waals surface area contributed by atoms with E-state index in [1.165, 1.54) is 30.3 Å². The van der Waals surface area contributed by atoms with Crippen molar-refractivity contribution in [1.82, 2.24) is 0 Å². The van der Waals surface area contributed by atoms with Crippen molar-refractivity contribution in [3.8, 4) is 11.8 Å². The molecule has 0 atom stereocenters. The van der Waals surface area contributed by atoms with Gasteiger partial charge in [-0.05, 0) is 54.1 Å². The number of hydrogen-bond acceptors (Lipinski definition) is 6. The Morgan fingerprint density at radius 3 is 2.33 bits per heavy atom. The van der Waals surface area contributed by atoms with Crippen molar-refractivity contribution in [3.63, 3.8) is 0 Å². The summed E-state index contributed by atoms with van der Waals surface area (Å²) in [4.78, 5) is 34.8. The van der Waals surface area contributed by atoms with Gasteiger partial charge in [-0.2, -0.15) is 5.26 Å². The minimum atomic E-state index is -0.737. The van der Waals surface area contributed by atoms with Crippen molar-refractivity contribution >= 4 is 56.9 Å². The van der Waals surface area contributed by atoms with Gasteiger partial charge in [-0.15, -0.1) is 0 Å². The fraction of sp³-hybridized carbons (Fsp3) is 0. The molecule has 1 amide bonds. The van der Waals surface area contributed by atoms with Crippen molar-refractivity contribution < 1.29 is 19.2 Å². The fourth-order valence-electron chi connectivity index (χ4n) is 2.61. The van der Waals surface area contributed by atoms with Gasteiger partial charge in [-0.1, -0.05) is 39.7 Å². The number of rotatable bonds is 6. The minimum Gasteiger partial charge on any atom is -0.423 e. The molecule has 33 heavy (non-hydrogen) atoms. The Labute approximate surface area is 201 Å². The van der Waals surface area contributed by atoms with E-state index in [2.05, 4.69) is 21.2 Å². The van der Waals surface area contributed by atoms with Crippen LogP contribution in [0.1, 0.15) is 15.9 Å². The number of hydrogen-bond donors (Lipinski definition) is 1. The van der Waals surface area contributed by atoms with E-state index in [-0.39, 0.29) is 22.0 Å². The first kappa shape index (κ1) is 23.7. The van der Waals surface area contributed by atoms with Gasteiger partial charge in [0.05, 0.1) is 21.2 Å². The quantitative estimate of drug-likeness (QED) is 0.109. The van der Waals surface area contributed by atoms with Crippen LogP contribution in [0.5, 0.6) is 5.75 Å². The molecule has 0 aromatic heterocycles. The minimum absolute atomic E-state index is 0.0354. The van der Waals surface area contributed by atoms with E-state index in [1.54, 1.807) is 42.5 Å². The third-order valence-corrected chi connectivity index (χ3v) is 5.10. The van der Waals surface area contributed by atoms with Gasteiger partial charge in [0.25, 0.3) is 11.6 Å². The first-order valence-electron chi connectivity index (χ1n) is 9.21. The topological polar surface area (TPSA) is 122 Å². The molecule has 3 aromatic rings. The Kier molecular flexibility index (Phi) is 7.56. The Morgan fingerprint density at radius 1 is 1.09 bits per heavy atom. The summed E-state index contributed by atoms with van der Waals surface area (Å²) in [5, 5.41) is 22.6. The molecule has 0 radical (unpaired) electrons. The van der Waals surface area contributed by atoms with Gasteiger partial charge in [-0.25, -0.2) is 4.79 Å². The van der Waals surface area contributed by atoms with Crippen LogP contribution in [0.3, 0.4) is 0 Å². The average molecular weight is 527 g/mol. The zero-order chi connectivity index (χ0) is 24.0. The second-order valence-corrected chi connectivity index (χ2v) is 7.83. The van der Waals surface area contributed by atoms with Crippen LogP contribution in [0.25, 0.3) is 6.08 Å². The third kappa shape index (κ3) is 6.26. The molecule has 0 bridgehead atoms. The number of anilines is 1. The van der Waals surface area contributed by atoms with E-state index < -0.39 is 16.8 Å². The smallest absolute Gasteiger partial charge is 0.343 e. The third-order valence-electron chi connectivity index (χ3n) is 4.26. The van der Waals surface area contributed by atoms with Gasteiger partial charge in [0.15, 0.2) is 0 Å². The molecular weight excluding hydrogens is 514 g/mol. The molecule has 0 aliphatic carbocycles. The normalized spacial score (nSPS) is 10.8. The zero-order valence-electron chi connectivity index (χ0n) is 16.6. The molecule has 0 spiro atoms. The van der Waals surface area contributed by atoms with Gasteiger partial charge >= 0.3 is 5.97 Å². The van der Waals surface area contributed by atoms with Crippen LogP contribution in [0.4, 0.5) is 11.4 Å². The lowest BCUT2D eigenvalue weighted by atomic mass is 10.1. The molecule has 1 N–H and O–H groups in total. The highest BCUT2D eigenvalue weighted by molar-refractivity contribution is 9.10. The van der Waals surface area contributed by atoms with Crippen LogP contribution in [0, 0.1) is 21.4 Å². The molecule has 0 heterocycles. The van der Waals surface area contributed by atoms with Gasteiger partial charge in [-0.3, -0.25) is 14.9 Å². The Morgan fingerprint density at radius 2 is 1.76 bits per heavy atom. The number of nitro groups is 1. The van der Waals surface area contributed by atoms with Crippen LogP contribution in [-0.2, 0) is 4.79 Å². The summed E-state index contributed by atoms with van der Waals surface area (Å²) in [6.07, 6.45) is 1.34. The maximum atomic E-state index is 12.4. The fourth-order valence-corrected chi connectivity index (χ4v) is 3.09. The Balaban J connectivity index is 1.70. The van der Waals surface area contributed by atoms with E-state index in [9.17, 15) is 25.0 Å². The number of nitriles is 1. The average Bonchev–Trinajstić information content (AvgIpc) is 2.80. The number of ether oxygens (including phenoxy) is 1. The maximum absolute atomic E-state index is 12.4. The van der Waals surface area contributed by atoms with E-state index >= 15 is 0 Å². The van der Waals surface area contributed by atoms with Gasteiger partial charge in [0.2, 0.25) is 0 Å². The molecule has 10 heteroatoms. The molecule has 0 saturated heterocycles. The lowest BCUT2D eigenvalue weighted by molar-refractivity contribution is -0.384. The predicted octanol–water partition coefficient (Wildman–Crippen LogP) is 5.78. The van der Waals surface area contributed by atoms with Crippen molar-refractivity contribution in [2.45, 2.75) is 0 Å². The van der Waals surface area contributed by atoms with Crippen molar-refractivity contribution in [2.24, 2.45) is 0 Å². The Bertz CT molecular complexity index is 1300. The summed E-state index contributed by atoms with van der Waals surface area (Å²) in [5.74, 6) is -0.970. The molecule has 0 aliphatic rings. The molecular formula is C23H13BrClN3O5. The number of carbonyl (C=O) groups excluding carboxylic acids is 2. The molecule has 0 unspecified atom stereocenters. The summed E-state index contributed by atoms with van der Waals surface area (Å²) in [6.45, 7) is 0. The van der Waals surface area contributed by atoms with E-state index in [4.69, 9.17) is 16.3 Å². The second-order valence-electron chi connectivity index (χ2n) is 6.51. The van der Waals surface area contributed by atoms with Crippen LogP contribution < -0.4 is 10.1 Å². The standard InChI is InChI=1S/C23H13BrClN3O5/c24-17-5-3-15(4-6-17)23(30)33-19-8-1-14(2-9-19)11-16(13-26)22(29)27-21-10-7-18(28(31)32)12-20(21)25/h1-12H,(H,27,29). The largest absolute Gasteiger partial charge is 0.423 e.